The van der Waals surface area contributed by atoms with E-state index >= 15 is 0 Å². The first-order chi connectivity index (χ1) is 12.8. The van der Waals surface area contributed by atoms with Gasteiger partial charge in [-0.2, -0.15) is 61.5 Å². The van der Waals surface area contributed by atoms with Crippen molar-refractivity contribution in [1.29, 1.82) is 0 Å². The molecular formula is C13H11F15O2. The molecule has 0 aromatic rings. The van der Waals surface area contributed by atoms with Crippen LogP contribution in [0.1, 0.15) is 13.8 Å². The molecule has 0 aliphatic carbocycles. The highest BCUT2D eigenvalue weighted by Gasteiger charge is 2.95. The predicted molar refractivity (Wildman–Crippen MR) is 65.2 cm³/mol. The maximum atomic E-state index is 12.9. The van der Waals surface area contributed by atoms with Crippen molar-refractivity contribution in [2.24, 2.45) is 5.41 Å². The van der Waals surface area contributed by atoms with Gasteiger partial charge < -0.3 is 4.74 Å². The fourth-order valence-corrected chi connectivity index (χ4v) is 1.91. The van der Waals surface area contributed by atoms with E-state index < -0.39 is 48.0 Å². The van der Waals surface area contributed by atoms with E-state index in [9.17, 15) is 65.9 Å². The molecule has 17 heteroatoms. The highest BCUT2D eigenvalue weighted by molar-refractivity contribution is 5.15. The van der Waals surface area contributed by atoms with Crippen LogP contribution in [0.4, 0.5) is 65.9 Å². The number of ether oxygens (including phenoxy) is 2. The Labute approximate surface area is 157 Å². The van der Waals surface area contributed by atoms with Crippen molar-refractivity contribution < 1.29 is 75.3 Å². The van der Waals surface area contributed by atoms with Crippen LogP contribution in [0.5, 0.6) is 0 Å². The van der Waals surface area contributed by atoms with Crippen molar-refractivity contribution in [3.8, 4) is 0 Å². The summed E-state index contributed by atoms with van der Waals surface area (Å²) >= 11 is 0. The van der Waals surface area contributed by atoms with Crippen molar-refractivity contribution in [2.45, 2.75) is 61.8 Å². The third-order valence-electron chi connectivity index (χ3n) is 3.88. The molecule has 0 saturated carbocycles. The molecule has 2 nitrogen and oxygen atoms in total. The van der Waals surface area contributed by atoms with Gasteiger partial charge in [-0.05, 0) is 0 Å². The van der Waals surface area contributed by atoms with Gasteiger partial charge in [0.15, 0.2) is 0 Å². The van der Waals surface area contributed by atoms with Crippen molar-refractivity contribution >= 4 is 0 Å². The van der Waals surface area contributed by atoms with E-state index in [1.807, 2.05) is 0 Å². The summed E-state index contributed by atoms with van der Waals surface area (Å²) in [6.45, 7) is 6.31. The summed E-state index contributed by atoms with van der Waals surface area (Å²) in [4.78, 5) is 0. The Morgan fingerprint density at radius 3 is 1.17 bits per heavy atom. The van der Waals surface area contributed by atoms with E-state index in [2.05, 4.69) is 13.8 Å². The van der Waals surface area contributed by atoms with E-state index in [0.29, 0.717) is 5.41 Å². The van der Waals surface area contributed by atoms with E-state index in [1.54, 1.807) is 4.74 Å². The van der Waals surface area contributed by atoms with Crippen LogP contribution < -0.4 is 0 Å². The molecule has 2 aliphatic heterocycles. The van der Waals surface area contributed by atoms with E-state index in [0.717, 1.165) is 13.2 Å². The zero-order chi connectivity index (χ0) is 24.4. The first-order valence-electron chi connectivity index (χ1n) is 7.38. The first kappa shape index (κ1) is 26.9. The molecule has 0 aromatic heterocycles. The third kappa shape index (κ3) is 3.48. The lowest BCUT2D eigenvalue weighted by atomic mass is 9.92. The molecule has 2 rings (SSSR count). The van der Waals surface area contributed by atoms with Crippen LogP contribution in [0.15, 0.2) is 0 Å². The Kier molecular flexibility index (Phi) is 6.22. The molecule has 2 fully saturated rings. The zero-order valence-electron chi connectivity index (χ0n) is 14.5. The molecule has 0 amide bonds. The second-order valence-corrected chi connectivity index (χ2v) is 7.10. The second kappa shape index (κ2) is 6.93. The monoisotopic (exact) mass is 484 g/mol. The summed E-state index contributed by atoms with van der Waals surface area (Å²) < 4.78 is 199. The fourth-order valence-electron chi connectivity index (χ4n) is 1.91. The molecule has 0 N–H and O–H groups in total. The smallest absolute Gasteiger partial charge is 0.380 e. The number of rotatable bonds is 0. The molecular weight excluding hydrogens is 473 g/mol. The van der Waals surface area contributed by atoms with Gasteiger partial charge in [0, 0.05) is 5.41 Å². The van der Waals surface area contributed by atoms with E-state index in [1.165, 1.54) is 0 Å². The van der Waals surface area contributed by atoms with Crippen LogP contribution in [-0.2, 0) is 9.47 Å². The lowest BCUT2D eigenvalue weighted by Crippen LogP contribution is -2.72. The van der Waals surface area contributed by atoms with Crippen LogP contribution >= 0.6 is 0 Å². The maximum absolute atomic E-state index is 12.9. The number of hydrogen-bond acceptors (Lipinski definition) is 2. The number of hydrogen-bond donors (Lipinski definition) is 0. The topological polar surface area (TPSA) is 18.5 Å². The Hall–Kier alpha value is -1.13. The Morgan fingerprint density at radius 1 is 0.567 bits per heavy atom. The average Bonchev–Trinajstić information content (AvgIpc) is 2.51. The summed E-state index contributed by atoms with van der Waals surface area (Å²) in [7, 11) is 0. The third-order valence-corrected chi connectivity index (χ3v) is 3.88. The van der Waals surface area contributed by atoms with Gasteiger partial charge in [-0.1, -0.05) is 13.8 Å². The molecule has 180 valence electrons. The zero-order valence-corrected chi connectivity index (χ0v) is 14.5. The Morgan fingerprint density at radius 2 is 0.867 bits per heavy atom. The molecule has 1 unspecified atom stereocenters. The number of halogens is 15. The largest absolute Gasteiger partial charge is 0.428 e. The molecule has 0 bridgehead atoms. The first-order valence-corrected chi connectivity index (χ1v) is 7.38. The van der Waals surface area contributed by atoms with Crippen molar-refractivity contribution in [2.75, 3.05) is 13.2 Å². The van der Waals surface area contributed by atoms with Gasteiger partial charge in [-0.3, -0.25) is 4.74 Å². The van der Waals surface area contributed by atoms with Crippen molar-refractivity contribution in [3.05, 3.63) is 0 Å². The van der Waals surface area contributed by atoms with Gasteiger partial charge in [0.25, 0.3) is 6.36 Å². The lowest BCUT2D eigenvalue weighted by Gasteiger charge is -2.39. The summed E-state index contributed by atoms with van der Waals surface area (Å²) in [6.07, 6.45) is -13.1. The molecule has 0 radical (unpaired) electrons. The van der Waals surface area contributed by atoms with Crippen LogP contribution in [0, 0.1) is 5.41 Å². The normalized spacial score (nSPS) is 34.1. The van der Waals surface area contributed by atoms with Crippen LogP contribution in [0.25, 0.3) is 0 Å². The summed E-state index contributed by atoms with van der Waals surface area (Å²) in [5.41, 5.74) is 0.500. The maximum Gasteiger partial charge on any atom is 0.428 e. The Balaban J connectivity index is 0.000000637. The Bertz CT molecular complexity index is 636. The van der Waals surface area contributed by atoms with Gasteiger partial charge in [-0.25, -0.2) is 4.39 Å². The number of alkyl halides is 15. The van der Waals surface area contributed by atoms with E-state index in [-0.39, 0.29) is 0 Å². The highest BCUT2D eigenvalue weighted by atomic mass is 19.4. The molecule has 2 aliphatic rings. The second-order valence-electron chi connectivity index (χ2n) is 7.10. The van der Waals surface area contributed by atoms with Crippen LogP contribution in [0.3, 0.4) is 0 Å². The molecule has 0 aromatic carbocycles. The minimum absolute atomic E-state index is 0.500. The summed E-state index contributed by atoms with van der Waals surface area (Å²) in [6, 6.07) is 0. The van der Waals surface area contributed by atoms with Crippen LogP contribution in [-0.4, -0.2) is 61.2 Å². The van der Waals surface area contributed by atoms with Gasteiger partial charge in [0.05, 0.1) is 13.2 Å². The SMILES string of the molecule is CC1(C)COC1.FC1OC(F)(F)C(F)(F)C(F)(F)C(F)(F)C(F)(F)C(F)(F)C1(F)F. The predicted octanol–water partition coefficient (Wildman–Crippen LogP) is 5.76. The van der Waals surface area contributed by atoms with Gasteiger partial charge >= 0.3 is 41.6 Å². The summed E-state index contributed by atoms with van der Waals surface area (Å²) in [5, 5.41) is 0. The molecule has 2 saturated heterocycles. The van der Waals surface area contributed by atoms with Gasteiger partial charge in [0.1, 0.15) is 0 Å². The average molecular weight is 484 g/mol. The highest BCUT2D eigenvalue weighted by Crippen LogP contribution is 2.64. The van der Waals surface area contributed by atoms with Gasteiger partial charge in [-0.15, -0.1) is 0 Å². The van der Waals surface area contributed by atoms with Crippen molar-refractivity contribution in [1.82, 2.24) is 0 Å². The molecule has 0 spiro atoms. The molecule has 2 heterocycles. The van der Waals surface area contributed by atoms with E-state index in [4.69, 9.17) is 4.74 Å². The van der Waals surface area contributed by atoms with Crippen LogP contribution in [0.2, 0.25) is 0 Å². The quantitative estimate of drug-likeness (QED) is 0.408. The van der Waals surface area contributed by atoms with Crippen molar-refractivity contribution in [3.63, 3.8) is 0 Å². The lowest BCUT2D eigenvalue weighted by molar-refractivity contribution is -0.454. The fraction of sp³-hybridized carbons (Fsp3) is 1.00. The summed E-state index contributed by atoms with van der Waals surface area (Å²) in [5.74, 6) is -47.3. The molecule has 30 heavy (non-hydrogen) atoms. The molecule has 1 atom stereocenters. The standard InChI is InChI=1S/C8HF15O.C5H10O/c9-1-2(10,11)3(12,13)4(14,15)5(16,17)6(18,19)7(20,21)8(22,23)24-1;1-5(2)3-6-4-5/h1H;3-4H2,1-2H3. The minimum atomic E-state index is -8.17. The van der Waals surface area contributed by atoms with Gasteiger partial charge in [0.2, 0.25) is 0 Å². The minimum Gasteiger partial charge on any atom is -0.380 e.